The highest BCUT2D eigenvalue weighted by atomic mass is 16.4. The molecule has 2 amide bonds. The summed E-state index contributed by atoms with van der Waals surface area (Å²) in [7, 11) is 2.01. The average Bonchev–Trinajstić information content (AvgIpc) is 2.70. The zero-order valence-corrected chi connectivity index (χ0v) is 12.2. The van der Waals surface area contributed by atoms with Gasteiger partial charge < -0.3 is 20.2 Å². The summed E-state index contributed by atoms with van der Waals surface area (Å²) >= 11 is 0. The molecule has 1 saturated heterocycles. The fraction of sp³-hybridized carbons (Fsp3) is 0.846. The minimum Gasteiger partial charge on any atom is -0.481 e. The van der Waals surface area contributed by atoms with Crippen molar-refractivity contribution in [2.45, 2.75) is 39.3 Å². The van der Waals surface area contributed by atoms with E-state index in [1.807, 2.05) is 7.05 Å². The van der Waals surface area contributed by atoms with Crippen molar-refractivity contribution in [2.75, 3.05) is 26.7 Å². The van der Waals surface area contributed by atoms with E-state index in [1.54, 1.807) is 11.8 Å². The number of rotatable bonds is 5. The van der Waals surface area contributed by atoms with Crippen LogP contribution in [0.4, 0.5) is 4.79 Å². The Balaban J connectivity index is 2.37. The lowest BCUT2D eigenvalue weighted by Crippen LogP contribution is -2.46. The Morgan fingerprint density at radius 3 is 2.58 bits per heavy atom. The highest BCUT2D eigenvalue weighted by molar-refractivity contribution is 5.78. The van der Waals surface area contributed by atoms with Crippen molar-refractivity contribution in [3.8, 4) is 0 Å². The maximum absolute atomic E-state index is 12.0. The minimum absolute atomic E-state index is 0.159. The number of nitrogens with one attached hydrogen (secondary N) is 1. The van der Waals surface area contributed by atoms with Crippen molar-refractivity contribution in [3.05, 3.63) is 0 Å². The summed E-state index contributed by atoms with van der Waals surface area (Å²) in [6.07, 6.45) is 0.538. The van der Waals surface area contributed by atoms with Gasteiger partial charge in [-0.25, -0.2) is 4.79 Å². The first-order valence-electron chi connectivity index (χ1n) is 6.82. The summed E-state index contributed by atoms with van der Waals surface area (Å²) in [5.74, 6) is -1.26. The van der Waals surface area contributed by atoms with E-state index < -0.39 is 11.9 Å². The van der Waals surface area contributed by atoms with Gasteiger partial charge in [-0.05, 0) is 34.2 Å². The molecule has 0 radical (unpaired) electrons. The van der Waals surface area contributed by atoms with Gasteiger partial charge in [0.2, 0.25) is 0 Å². The van der Waals surface area contributed by atoms with E-state index in [0.29, 0.717) is 25.6 Å². The molecule has 1 heterocycles. The summed E-state index contributed by atoms with van der Waals surface area (Å²) in [6, 6.07) is 0.0488. The number of carbonyl (C=O) groups excluding carboxylic acids is 1. The van der Waals surface area contributed by atoms with Gasteiger partial charge in [0, 0.05) is 31.7 Å². The molecule has 0 spiro atoms. The molecule has 0 aliphatic carbocycles. The largest absolute Gasteiger partial charge is 0.481 e. The third-order valence-corrected chi connectivity index (χ3v) is 3.96. The van der Waals surface area contributed by atoms with Gasteiger partial charge in [-0.2, -0.15) is 0 Å². The van der Waals surface area contributed by atoms with E-state index >= 15 is 0 Å². The van der Waals surface area contributed by atoms with E-state index in [1.165, 1.54) is 0 Å². The molecule has 19 heavy (non-hydrogen) atoms. The van der Waals surface area contributed by atoms with Gasteiger partial charge >= 0.3 is 12.0 Å². The highest BCUT2D eigenvalue weighted by Crippen LogP contribution is 2.24. The molecular weight excluding hydrogens is 246 g/mol. The molecule has 2 unspecified atom stereocenters. The van der Waals surface area contributed by atoms with Gasteiger partial charge in [0.25, 0.3) is 0 Å². The maximum atomic E-state index is 12.0. The maximum Gasteiger partial charge on any atom is 0.317 e. The fourth-order valence-corrected chi connectivity index (χ4v) is 2.26. The molecular formula is C13H25N3O3. The number of amides is 2. The van der Waals surface area contributed by atoms with Crippen molar-refractivity contribution in [1.29, 1.82) is 0 Å². The van der Waals surface area contributed by atoms with Crippen LogP contribution in [0.3, 0.4) is 0 Å². The second-order valence-corrected chi connectivity index (χ2v) is 5.47. The number of carbonyl (C=O) groups is 2. The second-order valence-electron chi connectivity index (χ2n) is 5.47. The molecule has 0 aromatic heterocycles. The van der Waals surface area contributed by atoms with Gasteiger partial charge in [0.1, 0.15) is 0 Å². The summed E-state index contributed by atoms with van der Waals surface area (Å²) in [4.78, 5) is 26.7. The monoisotopic (exact) mass is 271 g/mol. The van der Waals surface area contributed by atoms with Crippen LogP contribution in [-0.2, 0) is 4.79 Å². The zero-order chi connectivity index (χ0) is 14.6. The lowest BCUT2D eigenvalue weighted by atomic mass is 10.0. The standard InChI is InChI=1S/C13H25N3O3/c1-9(2)15(4)8-6-14-13(19)16-7-5-11(10(16)3)12(17)18/h9-11H,5-8H2,1-4H3,(H,14,19)(H,17,18). The first-order chi connectivity index (χ1) is 8.84. The van der Waals surface area contributed by atoms with Gasteiger partial charge in [-0.1, -0.05) is 0 Å². The lowest BCUT2D eigenvalue weighted by Gasteiger charge is -2.25. The Morgan fingerprint density at radius 1 is 1.47 bits per heavy atom. The topological polar surface area (TPSA) is 72.9 Å². The molecule has 0 bridgehead atoms. The number of carboxylic acids is 1. The van der Waals surface area contributed by atoms with Crippen LogP contribution in [0.15, 0.2) is 0 Å². The summed E-state index contributed by atoms with van der Waals surface area (Å²) < 4.78 is 0. The van der Waals surface area contributed by atoms with Crippen LogP contribution in [0.1, 0.15) is 27.2 Å². The molecule has 1 aliphatic heterocycles. The van der Waals surface area contributed by atoms with E-state index in [4.69, 9.17) is 5.11 Å². The van der Waals surface area contributed by atoms with Crippen LogP contribution < -0.4 is 5.32 Å². The lowest BCUT2D eigenvalue weighted by molar-refractivity contribution is -0.142. The van der Waals surface area contributed by atoms with E-state index in [9.17, 15) is 9.59 Å². The molecule has 6 heteroatoms. The van der Waals surface area contributed by atoms with Crippen molar-refractivity contribution in [2.24, 2.45) is 5.92 Å². The number of likely N-dealkylation sites (tertiary alicyclic amines) is 1. The van der Waals surface area contributed by atoms with Gasteiger partial charge in [0.15, 0.2) is 0 Å². The quantitative estimate of drug-likeness (QED) is 0.777. The Hall–Kier alpha value is -1.30. The Bertz CT molecular complexity index is 333. The SMILES string of the molecule is CC(C)N(C)CCNC(=O)N1CCC(C(=O)O)C1C. The summed E-state index contributed by atoms with van der Waals surface area (Å²) in [5.41, 5.74) is 0. The predicted molar refractivity (Wildman–Crippen MR) is 73.1 cm³/mol. The Labute approximate surface area is 114 Å². The fourth-order valence-electron chi connectivity index (χ4n) is 2.26. The zero-order valence-electron chi connectivity index (χ0n) is 12.2. The second kappa shape index (κ2) is 6.75. The van der Waals surface area contributed by atoms with Gasteiger partial charge in [-0.3, -0.25) is 4.79 Å². The molecule has 2 atom stereocenters. The number of hydrogen-bond donors (Lipinski definition) is 2. The molecule has 0 saturated carbocycles. The van der Waals surface area contributed by atoms with E-state index in [-0.39, 0.29) is 12.1 Å². The third-order valence-electron chi connectivity index (χ3n) is 3.96. The molecule has 2 N–H and O–H groups in total. The van der Waals surface area contributed by atoms with Crippen molar-refractivity contribution in [1.82, 2.24) is 15.1 Å². The number of aliphatic carboxylic acids is 1. The van der Waals surface area contributed by atoms with E-state index in [0.717, 1.165) is 6.54 Å². The first-order valence-corrected chi connectivity index (χ1v) is 6.82. The van der Waals surface area contributed by atoms with E-state index in [2.05, 4.69) is 24.1 Å². The summed E-state index contributed by atoms with van der Waals surface area (Å²) in [6.45, 7) is 7.88. The van der Waals surface area contributed by atoms with Crippen LogP contribution in [-0.4, -0.2) is 65.7 Å². The summed E-state index contributed by atoms with van der Waals surface area (Å²) in [5, 5.41) is 11.9. The van der Waals surface area contributed by atoms with Gasteiger partial charge in [-0.15, -0.1) is 0 Å². The molecule has 0 aromatic carbocycles. The molecule has 1 rings (SSSR count). The molecule has 1 aliphatic rings. The number of nitrogens with zero attached hydrogens (tertiary/aromatic N) is 2. The molecule has 1 fully saturated rings. The normalized spacial score (nSPS) is 23.2. The Morgan fingerprint density at radius 2 is 2.11 bits per heavy atom. The van der Waals surface area contributed by atoms with Crippen molar-refractivity contribution >= 4 is 12.0 Å². The molecule has 6 nitrogen and oxygen atoms in total. The average molecular weight is 271 g/mol. The number of urea groups is 1. The smallest absolute Gasteiger partial charge is 0.317 e. The molecule has 0 aromatic rings. The minimum atomic E-state index is -0.817. The first kappa shape index (κ1) is 15.8. The number of hydrogen-bond acceptors (Lipinski definition) is 3. The van der Waals surface area contributed by atoms with Crippen LogP contribution in [0.5, 0.6) is 0 Å². The van der Waals surface area contributed by atoms with Crippen LogP contribution in [0, 0.1) is 5.92 Å². The number of likely N-dealkylation sites (N-methyl/N-ethyl adjacent to an activating group) is 1. The number of carboxylic acid groups (broad SMARTS) is 1. The van der Waals surface area contributed by atoms with Crippen LogP contribution in [0.2, 0.25) is 0 Å². The third kappa shape index (κ3) is 4.09. The van der Waals surface area contributed by atoms with Crippen molar-refractivity contribution < 1.29 is 14.7 Å². The highest BCUT2D eigenvalue weighted by Gasteiger charge is 2.37. The van der Waals surface area contributed by atoms with Crippen LogP contribution in [0.25, 0.3) is 0 Å². The predicted octanol–water partition coefficient (Wildman–Crippen LogP) is 0.831. The Kier molecular flexibility index (Phi) is 5.60. The molecule has 110 valence electrons. The van der Waals surface area contributed by atoms with Crippen LogP contribution >= 0.6 is 0 Å². The van der Waals surface area contributed by atoms with Crippen molar-refractivity contribution in [3.63, 3.8) is 0 Å². The van der Waals surface area contributed by atoms with Gasteiger partial charge in [0.05, 0.1) is 5.92 Å².